The summed E-state index contributed by atoms with van der Waals surface area (Å²) in [6.45, 7) is 6.86. The Bertz CT molecular complexity index is 965. The average molecular weight is 401 g/mol. The molecule has 0 spiro atoms. The monoisotopic (exact) mass is 400 g/mol. The SMILES string of the molecule is CCC(C(=O)N1CCc2ccccc2C1)N(c1cc(C)cc(C)c1)S(C)(=O)=O. The molecule has 0 fully saturated rings. The third kappa shape index (κ3) is 4.22. The molecule has 0 bridgehead atoms. The molecule has 1 amide bonds. The topological polar surface area (TPSA) is 57.7 Å². The van der Waals surface area contributed by atoms with E-state index in [1.54, 1.807) is 4.90 Å². The third-order valence-corrected chi connectivity index (χ3v) is 6.40. The van der Waals surface area contributed by atoms with Crippen molar-refractivity contribution in [2.75, 3.05) is 17.1 Å². The highest BCUT2D eigenvalue weighted by molar-refractivity contribution is 7.92. The van der Waals surface area contributed by atoms with Crippen LogP contribution in [0.5, 0.6) is 0 Å². The Labute approximate surface area is 168 Å². The van der Waals surface area contributed by atoms with Gasteiger partial charge >= 0.3 is 0 Å². The number of hydrogen-bond donors (Lipinski definition) is 0. The lowest BCUT2D eigenvalue weighted by molar-refractivity contribution is -0.133. The first-order valence-corrected chi connectivity index (χ1v) is 11.5. The lowest BCUT2D eigenvalue weighted by atomic mass is 9.99. The van der Waals surface area contributed by atoms with Gasteiger partial charge in [0, 0.05) is 13.1 Å². The predicted octanol–water partition coefficient (Wildman–Crippen LogP) is 3.43. The predicted molar refractivity (Wildman–Crippen MR) is 113 cm³/mol. The van der Waals surface area contributed by atoms with Crippen LogP contribution in [-0.2, 0) is 27.8 Å². The van der Waals surface area contributed by atoms with E-state index in [0.29, 0.717) is 25.2 Å². The first-order valence-electron chi connectivity index (χ1n) is 9.64. The van der Waals surface area contributed by atoms with Gasteiger partial charge in [-0.15, -0.1) is 0 Å². The van der Waals surface area contributed by atoms with Gasteiger partial charge in [0.15, 0.2) is 0 Å². The Kier molecular flexibility index (Phi) is 5.79. The Morgan fingerprint density at radius 2 is 1.71 bits per heavy atom. The summed E-state index contributed by atoms with van der Waals surface area (Å²) < 4.78 is 26.7. The van der Waals surface area contributed by atoms with E-state index < -0.39 is 16.1 Å². The Morgan fingerprint density at radius 1 is 1.11 bits per heavy atom. The maximum absolute atomic E-state index is 13.4. The van der Waals surface area contributed by atoms with Crippen LogP contribution < -0.4 is 4.31 Å². The van der Waals surface area contributed by atoms with Crippen molar-refractivity contribution in [3.63, 3.8) is 0 Å². The van der Waals surface area contributed by atoms with E-state index in [2.05, 4.69) is 6.07 Å². The fourth-order valence-corrected chi connectivity index (χ4v) is 5.21. The van der Waals surface area contributed by atoms with Crippen LogP contribution in [0, 0.1) is 13.8 Å². The Hall–Kier alpha value is -2.34. The van der Waals surface area contributed by atoms with Gasteiger partial charge in [-0.25, -0.2) is 8.42 Å². The number of carbonyl (C=O) groups excluding carboxylic acids is 1. The number of aryl methyl sites for hydroxylation is 2. The molecule has 1 atom stereocenters. The number of sulfonamides is 1. The molecule has 0 aliphatic carbocycles. The van der Waals surface area contributed by atoms with E-state index in [9.17, 15) is 13.2 Å². The molecular formula is C22H28N2O3S. The molecule has 0 saturated heterocycles. The molecule has 2 aromatic rings. The van der Waals surface area contributed by atoms with E-state index in [0.717, 1.165) is 23.1 Å². The number of anilines is 1. The maximum atomic E-state index is 13.4. The molecule has 0 N–H and O–H groups in total. The number of amides is 1. The van der Waals surface area contributed by atoms with Crippen molar-refractivity contribution in [3.8, 4) is 0 Å². The number of carbonyl (C=O) groups is 1. The van der Waals surface area contributed by atoms with Gasteiger partial charge in [0.1, 0.15) is 6.04 Å². The molecule has 2 aromatic carbocycles. The molecule has 1 heterocycles. The minimum atomic E-state index is -3.62. The second-order valence-electron chi connectivity index (χ2n) is 7.61. The van der Waals surface area contributed by atoms with E-state index in [4.69, 9.17) is 0 Å². The summed E-state index contributed by atoms with van der Waals surface area (Å²) in [4.78, 5) is 15.2. The highest BCUT2D eigenvalue weighted by Crippen LogP contribution is 2.27. The van der Waals surface area contributed by atoms with Gasteiger partial charge in [0.25, 0.3) is 0 Å². The fraction of sp³-hybridized carbons (Fsp3) is 0.409. The van der Waals surface area contributed by atoms with Crippen molar-refractivity contribution >= 4 is 21.6 Å². The van der Waals surface area contributed by atoms with E-state index in [-0.39, 0.29) is 5.91 Å². The standard InChI is InChI=1S/C22H28N2O3S/c1-5-21(22(25)23-11-10-18-8-6-7-9-19(18)15-23)24(28(4,26)27)20-13-16(2)12-17(3)14-20/h6-9,12-14,21H,5,10-11,15H2,1-4H3. The van der Waals surface area contributed by atoms with Crippen LogP contribution in [0.2, 0.25) is 0 Å². The highest BCUT2D eigenvalue weighted by atomic mass is 32.2. The minimum Gasteiger partial charge on any atom is -0.336 e. The first-order chi connectivity index (χ1) is 13.2. The molecule has 0 radical (unpaired) electrons. The van der Waals surface area contributed by atoms with Gasteiger partial charge in [-0.3, -0.25) is 9.10 Å². The van der Waals surface area contributed by atoms with Gasteiger partial charge in [0.2, 0.25) is 15.9 Å². The molecule has 0 saturated carbocycles. The summed E-state index contributed by atoms with van der Waals surface area (Å²) in [6.07, 6.45) is 2.38. The van der Waals surface area contributed by atoms with Crippen molar-refractivity contribution < 1.29 is 13.2 Å². The van der Waals surface area contributed by atoms with Crippen molar-refractivity contribution in [2.24, 2.45) is 0 Å². The van der Waals surface area contributed by atoms with Crippen molar-refractivity contribution in [2.45, 2.75) is 46.2 Å². The average Bonchev–Trinajstić information content (AvgIpc) is 2.63. The van der Waals surface area contributed by atoms with E-state index in [1.165, 1.54) is 16.1 Å². The van der Waals surface area contributed by atoms with Crippen LogP contribution in [0.25, 0.3) is 0 Å². The van der Waals surface area contributed by atoms with Gasteiger partial charge < -0.3 is 4.90 Å². The molecule has 1 aliphatic rings. The lowest BCUT2D eigenvalue weighted by Gasteiger charge is -2.36. The van der Waals surface area contributed by atoms with Crippen molar-refractivity contribution in [1.82, 2.24) is 4.90 Å². The zero-order chi connectivity index (χ0) is 20.5. The van der Waals surface area contributed by atoms with Gasteiger partial charge in [-0.05, 0) is 61.1 Å². The number of hydrogen-bond acceptors (Lipinski definition) is 3. The van der Waals surface area contributed by atoms with Crippen LogP contribution in [-0.4, -0.2) is 38.1 Å². The summed E-state index contributed by atoms with van der Waals surface area (Å²) in [5.41, 5.74) is 4.89. The number of rotatable bonds is 5. The molecular weight excluding hydrogens is 372 g/mol. The van der Waals surface area contributed by atoms with Gasteiger partial charge in [-0.2, -0.15) is 0 Å². The van der Waals surface area contributed by atoms with Crippen LogP contribution in [0.15, 0.2) is 42.5 Å². The molecule has 3 rings (SSSR count). The summed E-state index contributed by atoms with van der Waals surface area (Å²) >= 11 is 0. The fourth-order valence-electron chi connectivity index (χ4n) is 4.02. The zero-order valence-electron chi connectivity index (χ0n) is 17.0. The summed E-state index contributed by atoms with van der Waals surface area (Å²) in [5.74, 6) is -0.137. The zero-order valence-corrected chi connectivity index (χ0v) is 17.8. The largest absolute Gasteiger partial charge is 0.336 e. The normalized spacial score (nSPS) is 15.1. The summed E-state index contributed by atoms with van der Waals surface area (Å²) in [7, 11) is -3.62. The molecule has 1 aliphatic heterocycles. The summed E-state index contributed by atoms with van der Waals surface area (Å²) in [5, 5.41) is 0. The lowest BCUT2D eigenvalue weighted by Crippen LogP contribution is -2.51. The maximum Gasteiger partial charge on any atom is 0.246 e. The third-order valence-electron chi connectivity index (χ3n) is 5.22. The smallest absolute Gasteiger partial charge is 0.246 e. The summed E-state index contributed by atoms with van der Waals surface area (Å²) in [6, 6.07) is 13.0. The van der Waals surface area contributed by atoms with Crippen LogP contribution in [0.4, 0.5) is 5.69 Å². The quantitative estimate of drug-likeness (QED) is 0.773. The Balaban J connectivity index is 1.96. The molecule has 150 valence electrons. The van der Waals surface area contributed by atoms with Crippen LogP contribution >= 0.6 is 0 Å². The first kappa shape index (κ1) is 20.4. The van der Waals surface area contributed by atoms with E-state index >= 15 is 0 Å². The van der Waals surface area contributed by atoms with Crippen molar-refractivity contribution in [1.29, 1.82) is 0 Å². The van der Waals surface area contributed by atoms with Crippen molar-refractivity contribution in [3.05, 3.63) is 64.7 Å². The van der Waals surface area contributed by atoms with Gasteiger partial charge in [-0.1, -0.05) is 37.3 Å². The molecule has 6 heteroatoms. The molecule has 5 nitrogen and oxygen atoms in total. The van der Waals surface area contributed by atoms with Crippen LogP contribution in [0.3, 0.4) is 0 Å². The number of nitrogens with zero attached hydrogens (tertiary/aromatic N) is 2. The number of benzene rings is 2. The minimum absolute atomic E-state index is 0.137. The Morgan fingerprint density at radius 3 is 2.29 bits per heavy atom. The van der Waals surface area contributed by atoms with E-state index in [1.807, 2.05) is 57.2 Å². The number of fused-ring (bicyclic) bond motifs is 1. The second-order valence-corrected chi connectivity index (χ2v) is 9.47. The second kappa shape index (κ2) is 7.95. The molecule has 0 aromatic heterocycles. The van der Waals surface area contributed by atoms with Crippen LogP contribution in [0.1, 0.15) is 35.6 Å². The molecule has 1 unspecified atom stereocenters. The molecule has 28 heavy (non-hydrogen) atoms. The highest BCUT2D eigenvalue weighted by Gasteiger charge is 2.35. The van der Waals surface area contributed by atoms with Gasteiger partial charge in [0.05, 0.1) is 11.9 Å².